The van der Waals surface area contributed by atoms with Crippen molar-refractivity contribution >= 4 is 11.7 Å². The molecule has 0 radical (unpaired) electrons. The summed E-state index contributed by atoms with van der Waals surface area (Å²) in [6, 6.07) is 8.21. The van der Waals surface area contributed by atoms with Gasteiger partial charge in [-0.25, -0.2) is 18.7 Å². The second-order valence-electron chi connectivity index (χ2n) is 6.72. The highest BCUT2D eigenvalue weighted by atomic mass is 19.1. The number of primary amides is 1. The first-order valence-electron chi connectivity index (χ1n) is 9.38. The largest absolute Gasteiger partial charge is 0.394 e. The highest BCUT2D eigenvalue weighted by Gasteiger charge is 2.20. The Balaban J connectivity index is 1.74. The van der Waals surface area contributed by atoms with Crippen LogP contribution in [0.3, 0.4) is 0 Å². The molecule has 4 N–H and O–H groups in total. The van der Waals surface area contributed by atoms with Gasteiger partial charge in [0.15, 0.2) is 17.5 Å². The molecule has 4 aromatic rings. The zero-order valence-corrected chi connectivity index (χ0v) is 16.4. The third-order valence-corrected chi connectivity index (χ3v) is 4.57. The van der Waals surface area contributed by atoms with E-state index in [0.717, 1.165) is 6.20 Å². The van der Waals surface area contributed by atoms with Crippen molar-refractivity contribution < 1.29 is 23.2 Å². The normalized spacial score (nSPS) is 12.0. The molecule has 164 valence electrons. The second-order valence-corrected chi connectivity index (χ2v) is 6.72. The van der Waals surface area contributed by atoms with Gasteiger partial charge in [-0.2, -0.15) is 5.10 Å². The fourth-order valence-corrected chi connectivity index (χ4v) is 2.95. The molecule has 0 fully saturated rings. The van der Waals surface area contributed by atoms with E-state index in [1.165, 1.54) is 17.0 Å². The van der Waals surface area contributed by atoms with Crippen LogP contribution in [0.1, 0.15) is 5.56 Å². The number of aromatic nitrogens is 5. The van der Waals surface area contributed by atoms with Gasteiger partial charge in [0.25, 0.3) is 0 Å². The second kappa shape index (κ2) is 8.89. The molecule has 0 unspecified atom stereocenters. The number of aliphatic hydroxyl groups is 1. The topological polar surface area (TPSA) is 145 Å². The van der Waals surface area contributed by atoms with Crippen molar-refractivity contribution in [2.75, 3.05) is 11.9 Å². The smallest absolute Gasteiger partial charge is 0.242 e. The molecule has 0 aliphatic rings. The van der Waals surface area contributed by atoms with Crippen molar-refractivity contribution in [3.05, 3.63) is 66.1 Å². The van der Waals surface area contributed by atoms with Gasteiger partial charge in [0.1, 0.15) is 29.5 Å². The number of amides is 1. The van der Waals surface area contributed by atoms with E-state index in [2.05, 4.69) is 25.5 Å². The maximum Gasteiger partial charge on any atom is 0.242 e. The molecule has 0 saturated heterocycles. The van der Waals surface area contributed by atoms with Crippen LogP contribution in [-0.2, 0) is 11.3 Å². The molecule has 0 aliphatic heterocycles. The average Bonchev–Trinajstić information content (AvgIpc) is 3.44. The van der Waals surface area contributed by atoms with Gasteiger partial charge in [0.05, 0.1) is 25.0 Å². The lowest BCUT2D eigenvalue weighted by atomic mass is 10.2. The lowest BCUT2D eigenvalue weighted by molar-refractivity contribution is -0.119. The number of benzene rings is 1. The number of carbonyl (C=O) groups excluding carboxylic acids is 1. The molecule has 12 heteroatoms. The van der Waals surface area contributed by atoms with E-state index in [9.17, 15) is 18.7 Å². The molecule has 1 amide bonds. The van der Waals surface area contributed by atoms with Crippen LogP contribution >= 0.6 is 0 Å². The molecule has 1 aromatic carbocycles. The van der Waals surface area contributed by atoms with E-state index in [0.29, 0.717) is 17.0 Å². The molecule has 4 rings (SSSR count). The number of aliphatic hydroxyl groups excluding tert-OH is 1. The van der Waals surface area contributed by atoms with Crippen molar-refractivity contribution in [1.82, 2.24) is 24.9 Å². The van der Waals surface area contributed by atoms with Gasteiger partial charge < -0.3 is 20.7 Å². The van der Waals surface area contributed by atoms with E-state index in [4.69, 9.17) is 10.3 Å². The third kappa shape index (κ3) is 4.30. The van der Waals surface area contributed by atoms with Crippen LogP contribution in [0.4, 0.5) is 14.6 Å². The van der Waals surface area contributed by atoms with Crippen molar-refractivity contribution in [2.45, 2.75) is 12.6 Å². The Morgan fingerprint density at radius 3 is 2.72 bits per heavy atom. The van der Waals surface area contributed by atoms with E-state index in [1.54, 1.807) is 30.3 Å². The maximum absolute atomic E-state index is 14.2. The van der Waals surface area contributed by atoms with Gasteiger partial charge in [0.2, 0.25) is 5.91 Å². The van der Waals surface area contributed by atoms with Gasteiger partial charge in [0, 0.05) is 11.6 Å². The first-order chi connectivity index (χ1) is 15.5. The highest BCUT2D eigenvalue weighted by molar-refractivity contribution is 5.82. The Hall–Kier alpha value is -4.19. The summed E-state index contributed by atoms with van der Waals surface area (Å²) < 4.78 is 34.8. The van der Waals surface area contributed by atoms with Gasteiger partial charge in [-0.3, -0.25) is 9.48 Å². The summed E-state index contributed by atoms with van der Waals surface area (Å²) in [5.41, 5.74) is 6.73. The molecule has 1 atom stereocenters. The third-order valence-electron chi connectivity index (χ3n) is 4.57. The van der Waals surface area contributed by atoms with Crippen molar-refractivity contribution in [3.63, 3.8) is 0 Å². The van der Waals surface area contributed by atoms with Crippen LogP contribution in [0.5, 0.6) is 0 Å². The Bertz CT molecular complexity index is 1240. The summed E-state index contributed by atoms with van der Waals surface area (Å²) in [5, 5.41) is 20.0. The molecule has 32 heavy (non-hydrogen) atoms. The van der Waals surface area contributed by atoms with Crippen molar-refractivity contribution in [1.29, 1.82) is 0 Å². The highest BCUT2D eigenvalue weighted by Crippen LogP contribution is 2.26. The fourth-order valence-electron chi connectivity index (χ4n) is 2.95. The van der Waals surface area contributed by atoms with Crippen LogP contribution in [0.15, 0.2) is 53.4 Å². The molecule has 0 spiro atoms. The number of nitrogens with two attached hydrogens (primary N) is 1. The van der Waals surface area contributed by atoms with Crippen LogP contribution in [0, 0.1) is 11.6 Å². The maximum atomic E-state index is 14.2. The minimum absolute atomic E-state index is 0.0205. The van der Waals surface area contributed by atoms with E-state index >= 15 is 0 Å². The zero-order valence-electron chi connectivity index (χ0n) is 16.4. The number of hydrogen-bond donors (Lipinski definition) is 3. The first kappa shape index (κ1) is 21.1. The van der Waals surface area contributed by atoms with Crippen molar-refractivity contribution in [3.8, 4) is 22.9 Å². The summed E-state index contributed by atoms with van der Waals surface area (Å²) in [4.78, 5) is 19.4. The lowest BCUT2D eigenvalue weighted by Crippen LogP contribution is -2.38. The number of anilines is 1. The van der Waals surface area contributed by atoms with Crippen molar-refractivity contribution in [2.24, 2.45) is 5.73 Å². The Morgan fingerprint density at radius 1 is 1.22 bits per heavy atom. The van der Waals surface area contributed by atoms with Crippen LogP contribution in [0.25, 0.3) is 22.9 Å². The van der Waals surface area contributed by atoms with E-state index in [-0.39, 0.29) is 23.9 Å². The quantitative estimate of drug-likeness (QED) is 0.374. The monoisotopic (exact) mass is 441 g/mol. The number of nitrogens with one attached hydrogen (secondary N) is 1. The predicted molar refractivity (Wildman–Crippen MR) is 108 cm³/mol. The molecule has 10 nitrogen and oxygen atoms in total. The van der Waals surface area contributed by atoms with Gasteiger partial charge in [-0.05, 0) is 12.1 Å². The zero-order chi connectivity index (χ0) is 22.7. The van der Waals surface area contributed by atoms with Crippen LogP contribution < -0.4 is 11.1 Å². The fraction of sp³-hybridized carbons (Fsp3) is 0.150. The molecular weight excluding hydrogens is 424 g/mol. The number of carbonyl (C=O) groups is 1. The molecule has 0 aliphatic carbocycles. The van der Waals surface area contributed by atoms with Gasteiger partial charge in [-0.15, -0.1) is 0 Å². The predicted octanol–water partition coefficient (Wildman–Crippen LogP) is 1.58. The summed E-state index contributed by atoms with van der Waals surface area (Å²) in [6.45, 7) is -0.572. The molecule has 3 aromatic heterocycles. The molecular formula is C20H17F2N7O3. The molecule has 0 bridgehead atoms. The average molecular weight is 441 g/mol. The summed E-state index contributed by atoms with van der Waals surface area (Å²) in [5.74, 6) is -2.45. The summed E-state index contributed by atoms with van der Waals surface area (Å²) in [7, 11) is 0. The van der Waals surface area contributed by atoms with E-state index < -0.39 is 30.2 Å². The SMILES string of the molecule is NC(=O)[C@H](CO)Nc1nc(-c2cc(-c3ccon3)n(Cc3ccccc3F)n2)ncc1F. The Morgan fingerprint density at radius 2 is 2.03 bits per heavy atom. The first-order valence-corrected chi connectivity index (χ1v) is 9.38. The van der Waals surface area contributed by atoms with Gasteiger partial charge >= 0.3 is 0 Å². The lowest BCUT2D eigenvalue weighted by Gasteiger charge is -2.13. The minimum atomic E-state index is -1.24. The number of nitrogens with zero attached hydrogens (tertiary/aromatic N) is 5. The summed E-state index contributed by atoms with van der Waals surface area (Å²) >= 11 is 0. The number of rotatable bonds is 8. The number of halogens is 2. The molecule has 3 heterocycles. The van der Waals surface area contributed by atoms with E-state index in [1.807, 2.05) is 0 Å². The van der Waals surface area contributed by atoms with Crippen LogP contribution in [-0.4, -0.2) is 48.6 Å². The Kier molecular flexibility index (Phi) is 5.85. The number of hydrogen-bond acceptors (Lipinski definition) is 8. The summed E-state index contributed by atoms with van der Waals surface area (Å²) in [6.07, 6.45) is 2.27. The standard InChI is InChI=1S/C20H17F2N7O3/c21-12-4-2-1-3-11(12)9-29-17(14-5-6-32-28-14)7-15(27-29)20-24-8-13(22)19(26-20)25-16(10-30)18(23)31/h1-8,16,30H,9-10H2,(H2,23,31)(H,24,25,26)/t16-/m0/s1. The Labute approximate surface area is 179 Å². The van der Waals surface area contributed by atoms with Gasteiger partial charge in [-0.1, -0.05) is 23.4 Å². The molecule has 0 saturated carbocycles. The minimum Gasteiger partial charge on any atom is -0.394 e. The van der Waals surface area contributed by atoms with Crippen LogP contribution in [0.2, 0.25) is 0 Å².